The maximum atomic E-state index is 12.6. The van der Waals surface area contributed by atoms with Gasteiger partial charge in [-0.25, -0.2) is 8.42 Å². The van der Waals surface area contributed by atoms with Crippen LogP contribution < -0.4 is 0 Å². The number of hydrogen-bond donors (Lipinski definition) is 1. The van der Waals surface area contributed by atoms with Gasteiger partial charge in [0.2, 0.25) is 0 Å². The molecule has 0 atom stereocenters. The molecule has 0 amide bonds. The summed E-state index contributed by atoms with van der Waals surface area (Å²) in [5.41, 5.74) is 6.86. The number of nitrogens with zero attached hydrogens (tertiary/aromatic N) is 1. The summed E-state index contributed by atoms with van der Waals surface area (Å²) in [4.78, 5) is 15.7. The molecular weight excluding hydrogens is 526 g/mol. The van der Waals surface area contributed by atoms with Crippen molar-refractivity contribution >= 4 is 38.5 Å². The second-order valence-corrected chi connectivity index (χ2v) is 14.8. The van der Waals surface area contributed by atoms with Gasteiger partial charge in [0.1, 0.15) is 0 Å². The molecule has 0 aliphatic heterocycles. The van der Waals surface area contributed by atoms with Crippen molar-refractivity contribution < 1.29 is 18.3 Å². The first kappa shape index (κ1) is 27.4. The Morgan fingerprint density at radius 3 is 2.36 bits per heavy atom. The summed E-state index contributed by atoms with van der Waals surface area (Å²) in [6.45, 7) is 3.49. The maximum Gasteiger partial charge on any atom is 0.303 e. The molecule has 0 bridgehead atoms. The van der Waals surface area contributed by atoms with Crippen molar-refractivity contribution in [3.63, 3.8) is 0 Å². The lowest BCUT2D eigenvalue weighted by molar-refractivity contribution is -0.138. The molecule has 5 nitrogen and oxygen atoms in total. The van der Waals surface area contributed by atoms with E-state index in [0.717, 1.165) is 63.1 Å². The lowest BCUT2D eigenvalue weighted by atomic mass is 9.92. The van der Waals surface area contributed by atoms with Gasteiger partial charge in [-0.05, 0) is 89.9 Å². The summed E-state index contributed by atoms with van der Waals surface area (Å²) < 4.78 is 24.2. The van der Waals surface area contributed by atoms with Crippen molar-refractivity contribution in [2.45, 2.75) is 43.6 Å². The molecule has 1 aliphatic rings. The molecule has 0 unspecified atom stereocenters. The van der Waals surface area contributed by atoms with Crippen molar-refractivity contribution in [2.24, 2.45) is 5.41 Å². The van der Waals surface area contributed by atoms with Crippen LogP contribution in [-0.4, -0.2) is 36.5 Å². The molecule has 1 aromatic heterocycles. The Hall–Kier alpha value is -3.16. The number of aliphatic carboxylic acids is 1. The van der Waals surface area contributed by atoms with E-state index in [9.17, 15) is 13.2 Å². The number of rotatable bonds is 10. The van der Waals surface area contributed by atoms with Gasteiger partial charge in [0.05, 0.1) is 16.7 Å². The highest BCUT2D eigenvalue weighted by Crippen LogP contribution is 2.51. The number of thioether (sulfide) groups is 1. The van der Waals surface area contributed by atoms with Crippen LogP contribution in [0.15, 0.2) is 79.0 Å². The minimum atomic E-state index is -3.34. The highest BCUT2D eigenvalue weighted by Gasteiger charge is 2.44. The van der Waals surface area contributed by atoms with Crippen LogP contribution in [0.2, 0.25) is 0 Å². The van der Waals surface area contributed by atoms with Gasteiger partial charge >= 0.3 is 5.97 Å². The molecule has 202 valence electrons. The number of carbonyl (C=O) groups is 1. The van der Waals surface area contributed by atoms with E-state index in [1.807, 2.05) is 48.2 Å². The second-order valence-electron chi connectivity index (χ2n) is 11.2. The molecule has 0 spiro atoms. The second kappa shape index (κ2) is 10.4. The molecule has 39 heavy (non-hydrogen) atoms. The SMILES string of the molecule is CC(C)(c1cc(-c2cccc(-c3ccc(CSCC4(CC(=O)O)CC4)cc3)c2)c2ncccc2c1)S(C)(=O)=O. The Morgan fingerprint density at radius 2 is 1.69 bits per heavy atom. The largest absolute Gasteiger partial charge is 0.481 e. The van der Waals surface area contributed by atoms with Gasteiger partial charge in [0.15, 0.2) is 9.84 Å². The van der Waals surface area contributed by atoms with Gasteiger partial charge in [0, 0.05) is 29.2 Å². The van der Waals surface area contributed by atoms with Gasteiger partial charge < -0.3 is 5.11 Å². The molecule has 0 saturated heterocycles. The summed E-state index contributed by atoms with van der Waals surface area (Å²) in [5.74, 6) is 1.05. The Bertz CT molecular complexity index is 1640. The van der Waals surface area contributed by atoms with E-state index in [0.29, 0.717) is 0 Å². The standard InChI is InChI=1S/C32H33NO4S2/c1-31(2,39(3,36)37)27-17-26-8-5-15-33-30(26)28(18-27)25-7-4-6-24(16-25)23-11-9-22(10-12-23)20-38-21-32(13-14-32)19-29(34)35/h4-12,15-18H,13-14,19-21H2,1-3H3,(H,34,35). The van der Waals surface area contributed by atoms with Crippen LogP contribution in [0.25, 0.3) is 33.2 Å². The molecule has 1 N–H and O–H groups in total. The number of pyridine rings is 1. The first-order valence-electron chi connectivity index (χ1n) is 13.1. The highest BCUT2D eigenvalue weighted by molar-refractivity contribution is 7.98. The number of fused-ring (bicyclic) bond motifs is 1. The molecule has 4 aromatic rings. The summed E-state index contributed by atoms with van der Waals surface area (Å²) in [5, 5.41) is 10.0. The number of hydrogen-bond acceptors (Lipinski definition) is 5. The molecule has 1 saturated carbocycles. The van der Waals surface area contributed by atoms with E-state index in [1.54, 1.807) is 20.0 Å². The molecule has 1 fully saturated rings. The van der Waals surface area contributed by atoms with E-state index in [2.05, 4.69) is 41.4 Å². The van der Waals surface area contributed by atoms with Crippen LogP contribution >= 0.6 is 11.8 Å². The predicted octanol–water partition coefficient (Wildman–Crippen LogP) is 7.34. The van der Waals surface area contributed by atoms with Gasteiger partial charge in [-0.15, -0.1) is 0 Å². The van der Waals surface area contributed by atoms with Crippen molar-refractivity contribution in [2.75, 3.05) is 12.0 Å². The Kier molecular flexibility index (Phi) is 7.33. The molecule has 0 radical (unpaired) electrons. The molecule has 1 heterocycles. The lowest BCUT2D eigenvalue weighted by Crippen LogP contribution is -2.28. The van der Waals surface area contributed by atoms with E-state index in [4.69, 9.17) is 5.11 Å². The fourth-order valence-corrected chi connectivity index (χ4v) is 6.79. The van der Waals surface area contributed by atoms with E-state index in [-0.39, 0.29) is 11.8 Å². The zero-order valence-corrected chi connectivity index (χ0v) is 24.1. The van der Waals surface area contributed by atoms with Crippen LogP contribution in [0.5, 0.6) is 0 Å². The van der Waals surface area contributed by atoms with Crippen LogP contribution in [0.4, 0.5) is 0 Å². The highest BCUT2D eigenvalue weighted by atomic mass is 32.2. The average Bonchev–Trinajstić information content (AvgIpc) is 3.66. The van der Waals surface area contributed by atoms with Crippen LogP contribution in [0, 0.1) is 5.41 Å². The molecule has 5 rings (SSSR count). The minimum absolute atomic E-state index is 0.00371. The van der Waals surface area contributed by atoms with Gasteiger partial charge in [-0.3, -0.25) is 9.78 Å². The van der Waals surface area contributed by atoms with E-state index < -0.39 is 20.6 Å². The van der Waals surface area contributed by atoms with Crippen molar-refractivity contribution in [1.29, 1.82) is 0 Å². The third-order valence-electron chi connectivity index (χ3n) is 7.95. The van der Waals surface area contributed by atoms with Crippen molar-refractivity contribution in [1.82, 2.24) is 4.98 Å². The number of sulfone groups is 1. The quantitative estimate of drug-likeness (QED) is 0.219. The monoisotopic (exact) mass is 559 g/mol. The van der Waals surface area contributed by atoms with Gasteiger partial charge in [-0.1, -0.05) is 48.5 Å². The Morgan fingerprint density at radius 1 is 0.974 bits per heavy atom. The van der Waals surface area contributed by atoms with E-state index >= 15 is 0 Å². The van der Waals surface area contributed by atoms with E-state index in [1.165, 1.54) is 11.8 Å². The van der Waals surface area contributed by atoms with Crippen LogP contribution in [0.3, 0.4) is 0 Å². The summed E-state index contributed by atoms with van der Waals surface area (Å²) in [7, 11) is -3.34. The van der Waals surface area contributed by atoms with Gasteiger partial charge in [0.25, 0.3) is 0 Å². The smallest absolute Gasteiger partial charge is 0.303 e. The van der Waals surface area contributed by atoms with Crippen LogP contribution in [-0.2, 0) is 25.1 Å². The molecule has 1 aliphatic carbocycles. The Labute approximate surface area is 234 Å². The topological polar surface area (TPSA) is 84.3 Å². The third-order valence-corrected chi connectivity index (χ3v) is 11.4. The molecule has 3 aromatic carbocycles. The zero-order valence-electron chi connectivity index (χ0n) is 22.5. The fourth-order valence-electron chi connectivity index (χ4n) is 4.89. The first-order valence-corrected chi connectivity index (χ1v) is 16.1. The zero-order chi connectivity index (χ0) is 27.8. The summed E-state index contributed by atoms with van der Waals surface area (Å²) in [6.07, 6.45) is 5.35. The summed E-state index contributed by atoms with van der Waals surface area (Å²) >= 11 is 1.81. The van der Waals surface area contributed by atoms with Crippen molar-refractivity contribution in [3.8, 4) is 22.3 Å². The maximum absolute atomic E-state index is 12.6. The number of benzene rings is 3. The Balaban J connectivity index is 1.41. The minimum Gasteiger partial charge on any atom is -0.481 e. The van der Waals surface area contributed by atoms with Crippen molar-refractivity contribution in [3.05, 3.63) is 90.1 Å². The first-order chi connectivity index (χ1) is 18.5. The molecule has 7 heteroatoms. The van der Waals surface area contributed by atoms with Crippen LogP contribution in [0.1, 0.15) is 44.2 Å². The number of aromatic nitrogens is 1. The van der Waals surface area contributed by atoms with Gasteiger partial charge in [-0.2, -0.15) is 11.8 Å². The fraction of sp³-hybridized carbons (Fsp3) is 0.312. The normalized spacial score (nSPS) is 14.8. The summed E-state index contributed by atoms with van der Waals surface area (Å²) in [6, 6.07) is 24.5. The predicted molar refractivity (Wildman–Crippen MR) is 161 cm³/mol. The average molecular weight is 560 g/mol. The lowest BCUT2D eigenvalue weighted by Gasteiger charge is -2.24. The third kappa shape index (κ3) is 5.89. The molecular formula is C32H33NO4S2. The number of carboxylic acid groups (broad SMARTS) is 1. The number of carboxylic acids is 1.